The van der Waals surface area contributed by atoms with Crippen molar-refractivity contribution in [2.24, 2.45) is 0 Å². The Kier molecular flexibility index (Phi) is 6.21. The number of aromatic hydroxyl groups is 1. The number of aliphatic carboxylic acids is 1. The van der Waals surface area contributed by atoms with Gasteiger partial charge < -0.3 is 29.7 Å². The molecular weight excluding hydrogens is 419 g/mol. The Bertz CT molecular complexity index is 1010. The lowest BCUT2D eigenvalue weighted by Gasteiger charge is -2.35. The Morgan fingerprint density at radius 2 is 1.71 bits per heavy atom. The second kappa shape index (κ2) is 8.54. The molecule has 0 saturated carbocycles. The van der Waals surface area contributed by atoms with Gasteiger partial charge in [0.2, 0.25) is 0 Å². The lowest BCUT2D eigenvalue weighted by Crippen LogP contribution is -2.34. The molecular formula is C21H22F3NO6. The summed E-state index contributed by atoms with van der Waals surface area (Å²) in [4.78, 5) is 8.90. The lowest BCUT2D eigenvalue weighted by molar-refractivity contribution is -0.192. The molecule has 0 unspecified atom stereocenters. The summed E-state index contributed by atoms with van der Waals surface area (Å²) in [6.45, 7) is 0.935. The Morgan fingerprint density at radius 3 is 2.26 bits per heavy atom. The molecule has 31 heavy (non-hydrogen) atoms. The van der Waals surface area contributed by atoms with Crippen molar-refractivity contribution in [3.05, 3.63) is 34.9 Å². The SMILES string of the molecule is COc1cc2c(cc1O)C[C@@H]1NCCc3cc(OC)c(OC)c-2c31.O=C(O)C(F)(F)F. The average Bonchev–Trinajstić information content (AvgIpc) is 2.72. The monoisotopic (exact) mass is 441 g/mol. The van der Waals surface area contributed by atoms with Gasteiger partial charge in [-0.2, -0.15) is 13.2 Å². The Balaban J connectivity index is 0.000000339. The van der Waals surface area contributed by atoms with Gasteiger partial charge in [0.05, 0.1) is 21.3 Å². The zero-order valence-corrected chi connectivity index (χ0v) is 17.1. The van der Waals surface area contributed by atoms with Crippen molar-refractivity contribution >= 4 is 5.97 Å². The summed E-state index contributed by atoms with van der Waals surface area (Å²) in [5.74, 6) is -0.648. The van der Waals surface area contributed by atoms with Gasteiger partial charge in [0.1, 0.15) is 0 Å². The molecule has 1 heterocycles. The molecule has 2 aliphatic rings. The van der Waals surface area contributed by atoms with Crippen molar-refractivity contribution in [3.63, 3.8) is 0 Å². The number of fused-ring (bicyclic) bond motifs is 2. The number of carboxylic acid groups (broad SMARTS) is 1. The van der Waals surface area contributed by atoms with Crippen LogP contribution in [-0.2, 0) is 17.6 Å². The largest absolute Gasteiger partial charge is 0.504 e. The van der Waals surface area contributed by atoms with Crippen molar-refractivity contribution < 1.29 is 42.4 Å². The van der Waals surface area contributed by atoms with Crippen LogP contribution in [0.15, 0.2) is 18.2 Å². The Labute approximate surface area is 176 Å². The normalized spacial score (nSPS) is 16.3. The van der Waals surface area contributed by atoms with Crippen LogP contribution >= 0.6 is 0 Å². The number of halogens is 3. The topological polar surface area (TPSA) is 97.3 Å². The first-order chi connectivity index (χ1) is 14.6. The molecule has 0 saturated heterocycles. The fourth-order valence-electron chi connectivity index (χ4n) is 3.99. The fraction of sp³-hybridized carbons (Fsp3) is 0.381. The van der Waals surface area contributed by atoms with Crippen LogP contribution in [0, 0.1) is 0 Å². The van der Waals surface area contributed by atoms with E-state index in [2.05, 4.69) is 11.4 Å². The number of benzene rings is 2. The van der Waals surface area contributed by atoms with Gasteiger partial charge in [-0.25, -0.2) is 4.79 Å². The summed E-state index contributed by atoms with van der Waals surface area (Å²) in [7, 11) is 4.89. The standard InChI is InChI=1S/C19H21NO4.C2HF3O2/c1-22-15-9-12-11(7-14(15)21)6-13-17-10(4-5-20-13)8-16(23-2)19(24-3)18(12)17;3-2(4,5)1(6)7/h7-9,13,20-21H,4-6H2,1-3H3;(H,6,7)/t13-;/m0./s1. The van der Waals surface area contributed by atoms with Gasteiger partial charge in [-0.3, -0.25) is 0 Å². The number of methoxy groups -OCH3 is 3. The molecule has 3 N–H and O–H groups in total. The molecule has 1 atom stereocenters. The molecule has 7 nitrogen and oxygen atoms in total. The molecule has 0 radical (unpaired) electrons. The van der Waals surface area contributed by atoms with Crippen LogP contribution in [0.1, 0.15) is 22.7 Å². The summed E-state index contributed by atoms with van der Waals surface area (Å²) in [5.41, 5.74) is 5.74. The summed E-state index contributed by atoms with van der Waals surface area (Å²) in [6.07, 6.45) is -3.29. The van der Waals surface area contributed by atoms with Crippen molar-refractivity contribution in [1.29, 1.82) is 0 Å². The fourth-order valence-corrected chi connectivity index (χ4v) is 3.99. The number of ether oxygens (including phenoxy) is 3. The summed E-state index contributed by atoms with van der Waals surface area (Å²) in [6, 6.07) is 6.01. The van der Waals surface area contributed by atoms with Gasteiger partial charge in [-0.1, -0.05) is 0 Å². The van der Waals surface area contributed by atoms with Gasteiger partial charge in [0, 0.05) is 11.6 Å². The number of carbonyl (C=O) groups is 1. The van der Waals surface area contributed by atoms with Crippen molar-refractivity contribution in [1.82, 2.24) is 5.32 Å². The van der Waals surface area contributed by atoms with Gasteiger partial charge in [0.25, 0.3) is 0 Å². The number of rotatable bonds is 3. The number of hydrogen-bond acceptors (Lipinski definition) is 6. The van der Waals surface area contributed by atoms with E-state index in [0.29, 0.717) is 5.75 Å². The first kappa shape index (κ1) is 22.5. The van der Waals surface area contributed by atoms with E-state index in [-0.39, 0.29) is 11.8 Å². The third-order valence-electron chi connectivity index (χ3n) is 5.27. The van der Waals surface area contributed by atoms with Gasteiger partial charge in [-0.15, -0.1) is 0 Å². The second-order valence-corrected chi connectivity index (χ2v) is 7.00. The number of nitrogens with one attached hydrogen (secondary N) is 1. The molecule has 168 valence electrons. The van der Waals surface area contributed by atoms with Crippen molar-refractivity contribution in [2.45, 2.75) is 25.1 Å². The number of alkyl halides is 3. The van der Waals surface area contributed by atoms with Crippen LogP contribution in [0.5, 0.6) is 23.0 Å². The van der Waals surface area contributed by atoms with E-state index in [0.717, 1.165) is 47.6 Å². The zero-order chi connectivity index (χ0) is 22.9. The number of carboxylic acids is 1. The molecule has 0 fully saturated rings. The smallest absolute Gasteiger partial charge is 0.490 e. The van der Waals surface area contributed by atoms with Crippen LogP contribution in [0.2, 0.25) is 0 Å². The van der Waals surface area contributed by atoms with E-state index < -0.39 is 12.1 Å². The number of phenols is 1. The van der Waals surface area contributed by atoms with E-state index in [1.807, 2.05) is 6.07 Å². The molecule has 0 aromatic heterocycles. The van der Waals surface area contributed by atoms with E-state index in [4.69, 9.17) is 24.1 Å². The number of phenolic OH excluding ortho intramolecular Hbond substituents is 1. The van der Waals surface area contributed by atoms with E-state index >= 15 is 0 Å². The first-order valence-corrected chi connectivity index (χ1v) is 9.33. The molecule has 2 aromatic carbocycles. The van der Waals surface area contributed by atoms with Crippen molar-refractivity contribution in [3.8, 4) is 34.1 Å². The van der Waals surface area contributed by atoms with E-state index in [1.54, 1.807) is 27.4 Å². The van der Waals surface area contributed by atoms with Gasteiger partial charge in [-0.05, 0) is 59.8 Å². The highest BCUT2D eigenvalue weighted by Crippen LogP contribution is 2.52. The average molecular weight is 441 g/mol. The molecule has 0 amide bonds. The highest BCUT2D eigenvalue weighted by molar-refractivity contribution is 5.85. The maximum absolute atomic E-state index is 10.6. The zero-order valence-electron chi connectivity index (χ0n) is 17.1. The highest BCUT2D eigenvalue weighted by Gasteiger charge is 2.38. The Morgan fingerprint density at radius 1 is 1.06 bits per heavy atom. The predicted octanol–water partition coefficient (Wildman–Crippen LogP) is 3.46. The minimum atomic E-state index is -5.08. The highest BCUT2D eigenvalue weighted by atomic mass is 19.4. The van der Waals surface area contributed by atoms with Crippen LogP contribution in [0.4, 0.5) is 13.2 Å². The quantitative estimate of drug-likeness (QED) is 0.671. The summed E-state index contributed by atoms with van der Waals surface area (Å²) >= 11 is 0. The minimum Gasteiger partial charge on any atom is -0.504 e. The predicted molar refractivity (Wildman–Crippen MR) is 105 cm³/mol. The molecule has 1 aliphatic carbocycles. The Hall–Kier alpha value is -3.14. The van der Waals surface area contributed by atoms with Crippen molar-refractivity contribution in [2.75, 3.05) is 27.9 Å². The number of hydrogen-bond donors (Lipinski definition) is 3. The molecule has 10 heteroatoms. The van der Waals surface area contributed by atoms with Crippen LogP contribution in [0.3, 0.4) is 0 Å². The maximum atomic E-state index is 10.6. The molecule has 2 aromatic rings. The summed E-state index contributed by atoms with van der Waals surface area (Å²) < 4.78 is 48.3. The molecule has 0 spiro atoms. The van der Waals surface area contributed by atoms with Gasteiger partial charge in [0.15, 0.2) is 23.0 Å². The van der Waals surface area contributed by atoms with E-state index in [1.165, 1.54) is 11.1 Å². The van der Waals surface area contributed by atoms with Crippen LogP contribution < -0.4 is 19.5 Å². The lowest BCUT2D eigenvalue weighted by atomic mass is 9.77. The minimum absolute atomic E-state index is 0.164. The molecule has 0 bridgehead atoms. The molecule has 4 rings (SSSR count). The maximum Gasteiger partial charge on any atom is 0.490 e. The van der Waals surface area contributed by atoms with Crippen LogP contribution in [0.25, 0.3) is 11.1 Å². The molecule has 1 aliphatic heterocycles. The van der Waals surface area contributed by atoms with Crippen LogP contribution in [-0.4, -0.2) is 50.2 Å². The first-order valence-electron chi connectivity index (χ1n) is 9.33. The third-order valence-corrected chi connectivity index (χ3v) is 5.27. The second-order valence-electron chi connectivity index (χ2n) is 7.00. The van der Waals surface area contributed by atoms with Gasteiger partial charge >= 0.3 is 12.1 Å². The van der Waals surface area contributed by atoms with E-state index in [9.17, 15) is 18.3 Å². The third kappa shape index (κ3) is 4.20. The summed E-state index contributed by atoms with van der Waals surface area (Å²) in [5, 5.41) is 20.9.